The maximum atomic E-state index is 13.1. The number of nitrogens with one attached hydrogen (secondary N) is 1. The van der Waals surface area contributed by atoms with E-state index in [9.17, 15) is 14.0 Å². The van der Waals surface area contributed by atoms with Gasteiger partial charge in [0.1, 0.15) is 11.4 Å². The van der Waals surface area contributed by atoms with E-state index in [0.717, 1.165) is 5.56 Å². The van der Waals surface area contributed by atoms with E-state index in [1.807, 2.05) is 6.07 Å². The molecule has 2 saturated heterocycles. The molecule has 1 spiro atoms. The van der Waals surface area contributed by atoms with E-state index in [2.05, 4.69) is 5.32 Å². The standard InChI is InChI=1S/C15H17FN2O3/c16-12-5-1-3-11(9-12)4-2-7-18-13(19)15(17-14(18)20)6-8-21-10-15/h1,3,5,9H,2,4,6-8,10H2,(H,17,20)/t15-/m1/s1. The van der Waals surface area contributed by atoms with Crippen LogP contribution in [0.3, 0.4) is 0 Å². The smallest absolute Gasteiger partial charge is 0.325 e. The average Bonchev–Trinajstić information content (AvgIpc) is 3.00. The van der Waals surface area contributed by atoms with E-state index >= 15 is 0 Å². The van der Waals surface area contributed by atoms with Gasteiger partial charge >= 0.3 is 6.03 Å². The first-order valence-electron chi connectivity index (χ1n) is 7.07. The van der Waals surface area contributed by atoms with Gasteiger partial charge in [-0.15, -0.1) is 0 Å². The molecule has 0 saturated carbocycles. The summed E-state index contributed by atoms with van der Waals surface area (Å²) < 4.78 is 18.3. The summed E-state index contributed by atoms with van der Waals surface area (Å²) in [5.41, 5.74) is 0.0108. The van der Waals surface area contributed by atoms with E-state index in [4.69, 9.17) is 4.74 Å². The molecule has 1 N–H and O–H groups in total. The molecule has 2 aliphatic heterocycles. The minimum Gasteiger partial charge on any atom is -0.378 e. The number of aryl methyl sites for hydroxylation is 1. The molecule has 2 heterocycles. The van der Waals surface area contributed by atoms with Gasteiger partial charge in [0.05, 0.1) is 6.61 Å². The largest absolute Gasteiger partial charge is 0.378 e. The molecule has 21 heavy (non-hydrogen) atoms. The number of hydrogen-bond acceptors (Lipinski definition) is 3. The van der Waals surface area contributed by atoms with Crippen LogP contribution in [0, 0.1) is 5.82 Å². The molecule has 6 heteroatoms. The lowest BCUT2D eigenvalue weighted by Gasteiger charge is -2.18. The maximum absolute atomic E-state index is 13.1. The molecule has 2 aliphatic rings. The van der Waals surface area contributed by atoms with Gasteiger partial charge in [0.25, 0.3) is 5.91 Å². The van der Waals surface area contributed by atoms with Crippen LogP contribution in [0.4, 0.5) is 9.18 Å². The number of urea groups is 1. The molecule has 0 unspecified atom stereocenters. The normalized spacial score (nSPS) is 24.9. The SMILES string of the molecule is O=C1N[C@@]2(CCOC2)C(=O)N1CCCc1cccc(F)c1. The summed E-state index contributed by atoms with van der Waals surface area (Å²) in [6.45, 7) is 1.07. The van der Waals surface area contributed by atoms with Crippen molar-refractivity contribution in [1.29, 1.82) is 0 Å². The number of carbonyl (C=O) groups is 2. The highest BCUT2D eigenvalue weighted by Gasteiger charge is 2.53. The van der Waals surface area contributed by atoms with Crippen LogP contribution in [0.2, 0.25) is 0 Å². The quantitative estimate of drug-likeness (QED) is 0.855. The van der Waals surface area contributed by atoms with Gasteiger partial charge in [0.15, 0.2) is 0 Å². The van der Waals surface area contributed by atoms with Crippen LogP contribution in [0.1, 0.15) is 18.4 Å². The molecule has 0 aliphatic carbocycles. The Balaban J connectivity index is 1.58. The van der Waals surface area contributed by atoms with Crippen LogP contribution in [0.15, 0.2) is 24.3 Å². The Morgan fingerprint density at radius 2 is 2.24 bits per heavy atom. The molecule has 0 bridgehead atoms. The van der Waals surface area contributed by atoms with Crippen molar-refractivity contribution in [3.8, 4) is 0 Å². The summed E-state index contributed by atoms with van der Waals surface area (Å²) in [5, 5.41) is 2.74. The minimum absolute atomic E-state index is 0.204. The number of rotatable bonds is 4. The van der Waals surface area contributed by atoms with Crippen molar-refractivity contribution in [2.45, 2.75) is 24.8 Å². The highest BCUT2D eigenvalue weighted by Crippen LogP contribution is 2.27. The summed E-state index contributed by atoms with van der Waals surface area (Å²) in [4.78, 5) is 25.5. The zero-order chi connectivity index (χ0) is 14.9. The molecule has 112 valence electrons. The summed E-state index contributed by atoms with van der Waals surface area (Å²) in [5.74, 6) is -0.478. The fourth-order valence-corrected chi connectivity index (χ4v) is 2.85. The Bertz CT molecular complexity index is 570. The predicted molar refractivity (Wildman–Crippen MR) is 73.1 cm³/mol. The minimum atomic E-state index is -0.851. The highest BCUT2D eigenvalue weighted by molar-refractivity contribution is 6.07. The van der Waals surface area contributed by atoms with Crippen LogP contribution in [-0.4, -0.2) is 42.1 Å². The molecular formula is C15H17FN2O3. The fraction of sp³-hybridized carbons (Fsp3) is 0.467. The van der Waals surface area contributed by atoms with Crippen LogP contribution < -0.4 is 5.32 Å². The van der Waals surface area contributed by atoms with Gasteiger partial charge in [-0.1, -0.05) is 12.1 Å². The first-order valence-corrected chi connectivity index (χ1v) is 7.07. The number of imide groups is 1. The number of hydrogen-bond donors (Lipinski definition) is 1. The maximum Gasteiger partial charge on any atom is 0.325 e. The third kappa shape index (κ3) is 2.63. The number of halogens is 1. The molecule has 0 radical (unpaired) electrons. The summed E-state index contributed by atoms with van der Waals surface area (Å²) in [6, 6.07) is 6.00. The van der Waals surface area contributed by atoms with E-state index in [-0.39, 0.29) is 24.4 Å². The molecule has 3 rings (SSSR count). The fourth-order valence-electron chi connectivity index (χ4n) is 2.85. The predicted octanol–water partition coefficient (Wildman–Crippen LogP) is 1.47. The Labute approximate surface area is 122 Å². The first-order chi connectivity index (χ1) is 10.1. The summed E-state index contributed by atoms with van der Waals surface area (Å²) >= 11 is 0. The molecule has 1 aromatic carbocycles. The van der Waals surface area contributed by atoms with Crippen molar-refractivity contribution < 1.29 is 18.7 Å². The molecule has 0 aromatic heterocycles. The van der Waals surface area contributed by atoms with Gasteiger partial charge in [-0.3, -0.25) is 9.69 Å². The van der Waals surface area contributed by atoms with Crippen molar-refractivity contribution in [1.82, 2.24) is 10.2 Å². The van der Waals surface area contributed by atoms with Crippen molar-refractivity contribution >= 4 is 11.9 Å². The number of nitrogens with zero attached hydrogens (tertiary/aromatic N) is 1. The molecule has 5 nitrogen and oxygen atoms in total. The van der Waals surface area contributed by atoms with Crippen molar-refractivity contribution in [2.75, 3.05) is 19.8 Å². The monoisotopic (exact) mass is 292 g/mol. The van der Waals surface area contributed by atoms with Gasteiger partial charge in [-0.25, -0.2) is 9.18 Å². The molecule has 1 atom stereocenters. The second-order valence-corrected chi connectivity index (χ2v) is 5.51. The zero-order valence-corrected chi connectivity index (χ0v) is 11.6. The first kappa shape index (κ1) is 14.0. The number of ether oxygens (including phenoxy) is 1. The summed E-state index contributed by atoms with van der Waals surface area (Å²) in [7, 11) is 0. The van der Waals surface area contributed by atoms with Crippen LogP contribution in [0.5, 0.6) is 0 Å². The number of carbonyl (C=O) groups excluding carboxylic acids is 2. The van der Waals surface area contributed by atoms with E-state index in [1.54, 1.807) is 6.07 Å². The van der Waals surface area contributed by atoms with Crippen LogP contribution in [0.25, 0.3) is 0 Å². The lowest BCUT2D eigenvalue weighted by atomic mass is 9.99. The number of benzene rings is 1. The van der Waals surface area contributed by atoms with E-state index in [0.29, 0.717) is 32.4 Å². The van der Waals surface area contributed by atoms with Crippen molar-refractivity contribution in [2.24, 2.45) is 0 Å². The van der Waals surface area contributed by atoms with Crippen LogP contribution >= 0.6 is 0 Å². The van der Waals surface area contributed by atoms with Gasteiger partial charge in [0.2, 0.25) is 0 Å². The van der Waals surface area contributed by atoms with Gasteiger partial charge in [-0.2, -0.15) is 0 Å². The Hall–Kier alpha value is -1.95. The second-order valence-electron chi connectivity index (χ2n) is 5.51. The lowest BCUT2D eigenvalue weighted by molar-refractivity contribution is -0.131. The lowest BCUT2D eigenvalue weighted by Crippen LogP contribution is -2.47. The van der Waals surface area contributed by atoms with Gasteiger partial charge < -0.3 is 10.1 Å². The van der Waals surface area contributed by atoms with E-state index < -0.39 is 5.54 Å². The zero-order valence-electron chi connectivity index (χ0n) is 11.6. The summed E-state index contributed by atoms with van der Waals surface area (Å²) in [6.07, 6.45) is 1.76. The van der Waals surface area contributed by atoms with Crippen molar-refractivity contribution in [3.63, 3.8) is 0 Å². The third-order valence-corrected chi connectivity index (χ3v) is 4.00. The average molecular weight is 292 g/mol. The second kappa shape index (κ2) is 5.44. The molecule has 1 aromatic rings. The van der Waals surface area contributed by atoms with Gasteiger partial charge in [-0.05, 0) is 30.5 Å². The van der Waals surface area contributed by atoms with Crippen LogP contribution in [-0.2, 0) is 16.0 Å². The van der Waals surface area contributed by atoms with E-state index in [1.165, 1.54) is 17.0 Å². The third-order valence-electron chi connectivity index (χ3n) is 4.00. The topological polar surface area (TPSA) is 58.6 Å². The Morgan fingerprint density at radius 1 is 1.38 bits per heavy atom. The Morgan fingerprint density at radius 3 is 2.95 bits per heavy atom. The molecule has 2 fully saturated rings. The molecular weight excluding hydrogens is 275 g/mol. The highest BCUT2D eigenvalue weighted by atomic mass is 19.1. The van der Waals surface area contributed by atoms with Crippen molar-refractivity contribution in [3.05, 3.63) is 35.6 Å². The number of amides is 3. The Kier molecular flexibility index (Phi) is 3.63. The molecule has 3 amide bonds. The van der Waals surface area contributed by atoms with Gasteiger partial charge in [0, 0.05) is 19.6 Å².